The van der Waals surface area contributed by atoms with Crippen LogP contribution in [0.25, 0.3) is 0 Å². The van der Waals surface area contributed by atoms with Crippen molar-refractivity contribution in [3.8, 4) is 5.88 Å². The molecule has 1 amide bonds. The molecule has 0 bridgehead atoms. The lowest BCUT2D eigenvalue weighted by atomic mass is 10.3. The van der Waals surface area contributed by atoms with Gasteiger partial charge >= 0.3 is 0 Å². The van der Waals surface area contributed by atoms with Crippen LogP contribution in [0.4, 0.5) is 5.69 Å². The maximum atomic E-state index is 11.3. The van der Waals surface area contributed by atoms with Crippen molar-refractivity contribution in [3.05, 3.63) is 18.3 Å². The lowest BCUT2D eigenvalue weighted by Gasteiger charge is -2.10. The molecule has 0 aliphatic heterocycles. The minimum Gasteiger partial charge on any atom is -0.478 e. The highest BCUT2D eigenvalue weighted by Gasteiger charge is 2.02. The molecule has 5 heteroatoms. The van der Waals surface area contributed by atoms with E-state index >= 15 is 0 Å². The van der Waals surface area contributed by atoms with E-state index in [0.29, 0.717) is 18.9 Å². The molecule has 0 aliphatic carbocycles. The number of aromatic nitrogens is 1. The Labute approximate surface area is 108 Å². The molecule has 0 spiro atoms. The largest absolute Gasteiger partial charge is 0.478 e. The maximum Gasteiger partial charge on any atom is 0.222 e. The number of anilines is 1. The van der Waals surface area contributed by atoms with Gasteiger partial charge in [0, 0.05) is 33.1 Å². The van der Waals surface area contributed by atoms with Crippen molar-refractivity contribution in [2.75, 3.05) is 32.6 Å². The summed E-state index contributed by atoms with van der Waals surface area (Å²) in [4.78, 5) is 17.1. The molecule has 0 unspecified atom stereocenters. The molecule has 1 heterocycles. The topological polar surface area (TPSA) is 54.5 Å². The second kappa shape index (κ2) is 7.53. The first kappa shape index (κ1) is 14.3. The van der Waals surface area contributed by atoms with Crippen LogP contribution < -0.4 is 10.1 Å². The van der Waals surface area contributed by atoms with Crippen LogP contribution in [-0.4, -0.2) is 43.0 Å². The number of amides is 1. The molecule has 18 heavy (non-hydrogen) atoms. The minimum absolute atomic E-state index is 0.154. The fourth-order valence-corrected chi connectivity index (χ4v) is 1.41. The second-order valence-corrected chi connectivity index (χ2v) is 4.14. The van der Waals surface area contributed by atoms with Crippen molar-refractivity contribution in [1.29, 1.82) is 0 Å². The van der Waals surface area contributed by atoms with Crippen molar-refractivity contribution in [3.63, 3.8) is 0 Å². The fourth-order valence-electron chi connectivity index (χ4n) is 1.41. The van der Waals surface area contributed by atoms with Crippen LogP contribution in [0, 0.1) is 0 Å². The monoisotopic (exact) mass is 251 g/mol. The predicted molar refractivity (Wildman–Crippen MR) is 71.8 cm³/mol. The number of hydrogen-bond donors (Lipinski definition) is 1. The summed E-state index contributed by atoms with van der Waals surface area (Å²) in [5.74, 6) is 0.785. The summed E-state index contributed by atoms with van der Waals surface area (Å²) in [5.41, 5.74) is 0.941. The van der Waals surface area contributed by atoms with Crippen LogP contribution in [0.2, 0.25) is 0 Å². The van der Waals surface area contributed by atoms with Crippen LogP contribution in [0.5, 0.6) is 5.88 Å². The highest BCUT2D eigenvalue weighted by atomic mass is 16.5. The third-order valence-electron chi connectivity index (χ3n) is 2.42. The molecule has 0 atom stereocenters. The van der Waals surface area contributed by atoms with Gasteiger partial charge in [0.25, 0.3) is 0 Å². The Hall–Kier alpha value is -1.78. The van der Waals surface area contributed by atoms with E-state index in [1.807, 2.05) is 19.1 Å². The zero-order valence-corrected chi connectivity index (χ0v) is 11.3. The molecule has 0 fully saturated rings. The van der Waals surface area contributed by atoms with Gasteiger partial charge in [0.15, 0.2) is 0 Å². The fraction of sp³-hybridized carbons (Fsp3) is 0.538. The molecule has 1 rings (SSSR count). The van der Waals surface area contributed by atoms with Gasteiger partial charge in [-0.15, -0.1) is 0 Å². The van der Waals surface area contributed by atoms with Gasteiger partial charge in [-0.2, -0.15) is 0 Å². The summed E-state index contributed by atoms with van der Waals surface area (Å²) in [6.07, 6.45) is 3.10. The van der Waals surface area contributed by atoms with E-state index in [0.717, 1.165) is 18.7 Å². The van der Waals surface area contributed by atoms with E-state index in [-0.39, 0.29) is 5.91 Å². The van der Waals surface area contributed by atoms with E-state index < -0.39 is 0 Å². The molecule has 1 N–H and O–H groups in total. The summed E-state index contributed by atoms with van der Waals surface area (Å²) in [7, 11) is 3.54. The van der Waals surface area contributed by atoms with Gasteiger partial charge in [-0.25, -0.2) is 4.98 Å². The van der Waals surface area contributed by atoms with Gasteiger partial charge in [-0.3, -0.25) is 4.79 Å². The number of ether oxygens (including phenoxy) is 1. The Kier molecular flexibility index (Phi) is 5.97. The number of nitrogens with one attached hydrogen (secondary N) is 1. The SMILES string of the molecule is CCOc1ccc(NCCCC(=O)N(C)C)cn1. The normalized spacial score (nSPS) is 9.94. The maximum absolute atomic E-state index is 11.3. The van der Waals surface area contributed by atoms with Crippen molar-refractivity contribution in [2.45, 2.75) is 19.8 Å². The smallest absolute Gasteiger partial charge is 0.222 e. The van der Waals surface area contributed by atoms with Crippen molar-refractivity contribution < 1.29 is 9.53 Å². The summed E-state index contributed by atoms with van der Waals surface area (Å²) in [5, 5.41) is 3.22. The molecular formula is C13H21N3O2. The standard InChI is InChI=1S/C13H21N3O2/c1-4-18-12-8-7-11(10-15-12)14-9-5-6-13(17)16(2)3/h7-8,10,14H,4-6,9H2,1-3H3. The first-order valence-corrected chi connectivity index (χ1v) is 6.16. The Bertz CT molecular complexity index is 363. The first-order valence-electron chi connectivity index (χ1n) is 6.16. The number of hydrogen-bond acceptors (Lipinski definition) is 4. The number of nitrogens with zero attached hydrogens (tertiary/aromatic N) is 2. The summed E-state index contributed by atoms with van der Waals surface area (Å²) >= 11 is 0. The van der Waals surface area contributed by atoms with Crippen LogP contribution in [0.15, 0.2) is 18.3 Å². The van der Waals surface area contributed by atoms with E-state index in [2.05, 4.69) is 10.3 Å². The molecule has 1 aromatic heterocycles. The molecular weight excluding hydrogens is 230 g/mol. The Morgan fingerprint density at radius 3 is 2.78 bits per heavy atom. The first-order chi connectivity index (χ1) is 8.63. The molecule has 0 aromatic carbocycles. The Balaban J connectivity index is 2.25. The van der Waals surface area contributed by atoms with Gasteiger partial charge in [-0.1, -0.05) is 0 Å². The van der Waals surface area contributed by atoms with Crippen LogP contribution in [0.1, 0.15) is 19.8 Å². The molecule has 0 aliphatic rings. The Morgan fingerprint density at radius 1 is 1.44 bits per heavy atom. The van der Waals surface area contributed by atoms with Gasteiger partial charge in [0.05, 0.1) is 18.5 Å². The summed E-state index contributed by atoms with van der Waals surface area (Å²) < 4.78 is 5.26. The van der Waals surface area contributed by atoms with Gasteiger partial charge < -0.3 is 15.0 Å². The van der Waals surface area contributed by atoms with Gasteiger partial charge in [-0.05, 0) is 19.4 Å². The van der Waals surface area contributed by atoms with E-state index in [9.17, 15) is 4.79 Å². The molecule has 0 saturated carbocycles. The quantitative estimate of drug-likeness (QED) is 0.750. The second-order valence-electron chi connectivity index (χ2n) is 4.14. The average Bonchev–Trinajstić information content (AvgIpc) is 2.36. The van der Waals surface area contributed by atoms with Crippen LogP contribution >= 0.6 is 0 Å². The van der Waals surface area contributed by atoms with E-state index in [1.165, 1.54) is 0 Å². The molecule has 1 aromatic rings. The molecule has 0 saturated heterocycles. The molecule has 100 valence electrons. The van der Waals surface area contributed by atoms with Crippen molar-refractivity contribution >= 4 is 11.6 Å². The molecule has 5 nitrogen and oxygen atoms in total. The number of pyridine rings is 1. The zero-order valence-electron chi connectivity index (χ0n) is 11.3. The lowest BCUT2D eigenvalue weighted by Crippen LogP contribution is -2.22. The minimum atomic E-state index is 0.154. The predicted octanol–water partition coefficient (Wildman–Crippen LogP) is 1.76. The van der Waals surface area contributed by atoms with Gasteiger partial charge in [0.1, 0.15) is 0 Å². The lowest BCUT2D eigenvalue weighted by molar-refractivity contribution is -0.128. The van der Waals surface area contributed by atoms with Crippen molar-refractivity contribution in [1.82, 2.24) is 9.88 Å². The number of carbonyl (C=O) groups excluding carboxylic acids is 1. The zero-order chi connectivity index (χ0) is 13.4. The van der Waals surface area contributed by atoms with E-state index in [4.69, 9.17) is 4.74 Å². The van der Waals surface area contributed by atoms with Crippen LogP contribution in [-0.2, 0) is 4.79 Å². The highest BCUT2D eigenvalue weighted by Crippen LogP contribution is 2.11. The Morgan fingerprint density at radius 2 is 2.22 bits per heavy atom. The molecule has 0 radical (unpaired) electrons. The van der Waals surface area contributed by atoms with E-state index in [1.54, 1.807) is 25.2 Å². The van der Waals surface area contributed by atoms with Gasteiger partial charge in [0.2, 0.25) is 11.8 Å². The number of carbonyl (C=O) groups is 1. The third kappa shape index (κ3) is 5.03. The number of rotatable bonds is 7. The highest BCUT2D eigenvalue weighted by molar-refractivity contribution is 5.75. The van der Waals surface area contributed by atoms with Crippen molar-refractivity contribution in [2.24, 2.45) is 0 Å². The summed E-state index contributed by atoms with van der Waals surface area (Å²) in [6.45, 7) is 3.30. The third-order valence-corrected chi connectivity index (χ3v) is 2.42. The summed E-state index contributed by atoms with van der Waals surface area (Å²) in [6, 6.07) is 3.75. The average molecular weight is 251 g/mol. The van der Waals surface area contributed by atoms with Crippen LogP contribution in [0.3, 0.4) is 0 Å².